The Morgan fingerprint density at radius 1 is 1.16 bits per heavy atom. The van der Waals surface area contributed by atoms with E-state index in [0.29, 0.717) is 22.7 Å². The number of nitrogens with zero attached hydrogens (tertiary/aromatic N) is 3. The average Bonchev–Trinajstić information content (AvgIpc) is 3.28. The van der Waals surface area contributed by atoms with Crippen LogP contribution < -0.4 is 10.1 Å². The Hall–Kier alpha value is -3.19. The summed E-state index contributed by atoms with van der Waals surface area (Å²) in [5.41, 5.74) is 3.87. The van der Waals surface area contributed by atoms with Crippen molar-refractivity contribution < 1.29 is 9.26 Å². The number of thiocarbonyl (C=S) groups is 1. The van der Waals surface area contributed by atoms with Crippen LogP contribution in [0, 0.1) is 5.92 Å². The predicted molar refractivity (Wildman–Crippen MR) is 130 cm³/mol. The lowest BCUT2D eigenvalue weighted by Gasteiger charge is -2.37. The molecule has 0 fully saturated rings. The van der Waals surface area contributed by atoms with Crippen molar-refractivity contribution in [2.75, 3.05) is 13.7 Å². The molecule has 4 rings (SSSR count). The molecule has 3 aromatic rings. The first-order valence-corrected chi connectivity index (χ1v) is 11.2. The molecule has 0 aliphatic carbocycles. The van der Waals surface area contributed by atoms with Gasteiger partial charge in [0.2, 0.25) is 5.82 Å². The second kappa shape index (κ2) is 9.53. The van der Waals surface area contributed by atoms with Gasteiger partial charge in [0.05, 0.1) is 18.7 Å². The predicted octanol–water partition coefficient (Wildman–Crippen LogP) is 5.45. The number of methoxy groups -OCH3 is 1. The molecule has 166 valence electrons. The monoisotopic (exact) mass is 448 g/mol. The van der Waals surface area contributed by atoms with Gasteiger partial charge in [-0.3, -0.25) is 0 Å². The standard InChI is InChI=1S/C25H28N4O2S/c1-16(2)13-14-29-17(3)21(24-27-23(28-31-24)18-9-6-5-7-10-18)22(26-25(29)32)19-11-8-12-20(15-19)30-4/h5-12,15-16,22H,13-14H2,1-4H3,(H,26,32). The summed E-state index contributed by atoms with van der Waals surface area (Å²) >= 11 is 5.76. The third kappa shape index (κ3) is 4.53. The minimum absolute atomic E-state index is 0.225. The Balaban J connectivity index is 1.80. The molecular formula is C25H28N4O2S. The largest absolute Gasteiger partial charge is 0.497 e. The zero-order valence-electron chi connectivity index (χ0n) is 18.8. The van der Waals surface area contributed by atoms with Crippen molar-refractivity contribution in [3.05, 3.63) is 71.7 Å². The fraction of sp³-hybridized carbons (Fsp3) is 0.320. The first-order chi connectivity index (χ1) is 15.5. The van der Waals surface area contributed by atoms with Crippen molar-refractivity contribution >= 4 is 22.9 Å². The average molecular weight is 449 g/mol. The van der Waals surface area contributed by atoms with E-state index in [-0.39, 0.29) is 6.04 Å². The molecule has 1 aliphatic heterocycles. The summed E-state index contributed by atoms with van der Waals surface area (Å²) < 4.78 is 11.2. The van der Waals surface area contributed by atoms with Crippen LogP contribution in [0.4, 0.5) is 0 Å². The summed E-state index contributed by atoms with van der Waals surface area (Å²) in [4.78, 5) is 6.88. The number of rotatable bonds is 7. The Labute approximate surface area is 194 Å². The van der Waals surface area contributed by atoms with Crippen molar-refractivity contribution in [3.8, 4) is 17.1 Å². The van der Waals surface area contributed by atoms with Gasteiger partial charge in [-0.2, -0.15) is 4.98 Å². The maximum atomic E-state index is 5.79. The number of benzene rings is 2. The highest BCUT2D eigenvalue weighted by atomic mass is 32.1. The van der Waals surface area contributed by atoms with E-state index in [1.54, 1.807) is 7.11 Å². The smallest absolute Gasteiger partial charge is 0.258 e. The van der Waals surface area contributed by atoms with Crippen LogP contribution in [0.15, 0.2) is 64.8 Å². The topological polar surface area (TPSA) is 63.4 Å². The van der Waals surface area contributed by atoms with Gasteiger partial charge in [0.25, 0.3) is 5.89 Å². The van der Waals surface area contributed by atoms with Crippen LogP contribution in [-0.4, -0.2) is 33.8 Å². The molecule has 2 heterocycles. The summed E-state index contributed by atoms with van der Waals surface area (Å²) in [6.45, 7) is 7.32. The van der Waals surface area contributed by atoms with E-state index < -0.39 is 0 Å². The zero-order valence-corrected chi connectivity index (χ0v) is 19.6. The van der Waals surface area contributed by atoms with Crippen molar-refractivity contribution in [2.24, 2.45) is 5.92 Å². The van der Waals surface area contributed by atoms with E-state index in [1.165, 1.54) is 0 Å². The molecule has 1 atom stereocenters. The molecule has 2 aromatic carbocycles. The van der Waals surface area contributed by atoms with Gasteiger partial charge in [-0.05, 0) is 49.2 Å². The van der Waals surface area contributed by atoms with E-state index in [0.717, 1.165) is 41.1 Å². The van der Waals surface area contributed by atoms with Crippen molar-refractivity contribution in [1.29, 1.82) is 0 Å². The molecular weight excluding hydrogens is 420 g/mol. The molecule has 0 saturated heterocycles. The third-order valence-electron chi connectivity index (χ3n) is 5.64. The van der Waals surface area contributed by atoms with E-state index in [9.17, 15) is 0 Å². The third-order valence-corrected chi connectivity index (χ3v) is 5.98. The van der Waals surface area contributed by atoms with Gasteiger partial charge in [-0.25, -0.2) is 0 Å². The fourth-order valence-corrected chi connectivity index (χ4v) is 4.17. The van der Waals surface area contributed by atoms with E-state index in [1.807, 2.05) is 54.6 Å². The molecule has 1 aliphatic rings. The second-order valence-electron chi connectivity index (χ2n) is 8.28. The highest BCUT2D eigenvalue weighted by Crippen LogP contribution is 2.38. The Bertz CT molecular complexity index is 1120. The SMILES string of the molecule is COc1cccc(C2NC(=S)N(CCC(C)C)C(C)=C2c2nc(-c3ccccc3)no2)c1. The van der Waals surface area contributed by atoms with Gasteiger partial charge in [0.1, 0.15) is 5.75 Å². The van der Waals surface area contributed by atoms with Crippen molar-refractivity contribution in [1.82, 2.24) is 20.4 Å². The lowest BCUT2D eigenvalue weighted by Crippen LogP contribution is -2.46. The molecule has 32 heavy (non-hydrogen) atoms. The normalized spacial score (nSPS) is 16.5. The number of hydrogen-bond donors (Lipinski definition) is 1. The van der Waals surface area contributed by atoms with Crippen LogP contribution in [0.2, 0.25) is 0 Å². The first-order valence-electron chi connectivity index (χ1n) is 10.8. The number of allylic oxidation sites excluding steroid dienone is 1. The molecule has 1 aromatic heterocycles. The lowest BCUT2D eigenvalue weighted by molar-refractivity contribution is 0.390. The molecule has 7 heteroatoms. The van der Waals surface area contributed by atoms with Crippen LogP contribution in [0.25, 0.3) is 17.0 Å². The van der Waals surface area contributed by atoms with Crippen LogP contribution >= 0.6 is 12.2 Å². The van der Waals surface area contributed by atoms with Crippen molar-refractivity contribution in [3.63, 3.8) is 0 Å². The van der Waals surface area contributed by atoms with Crippen molar-refractivity contribution in [2.45, 2.75) is 33.2 Å². The lowest BCUT2D eigenvalue weighted by atomic mass is 9.94. The van der Waals surface area contributed by atoms with Crippen LogP contribution in [-0.2, 0) is 0 Å². The number of ether oxygens (including phenoxy) is 1. The molecule has 0 bridgehead atoms. The summed E-state index contributed by atoms with van der Waals surface area (Å²) in [7, 11) is 1.66. The summed E-state index contributed by atoms with van der Waals surface area (Å²) in [5.74, 6) is 2.40. The molecule has 0 saturated carbocycles. The van der Waals surface area contributed by atoms with E-state index in [2.05, 4.69) is 36.1 Å². The van der Waals surface area contributed by atoms with Crippen LogP contribution in [0.5, 0.6) is 5.75 Å². The fourth-order valence-electron chi connectivity index (χ4n) is 3.82. The van der Waals surface area contributed by atoms with Crippen LogP contribution in [0.3, 0.4) is 0 Å². The Kier molecular flexibility index (Phi) is 6.55. The number of nitrogens with one attached hydrogen (secondary N) is 1. The Morgan fingerprint density at radius 2 is 1.94 bits per heavy atom. The summed E-state index contributed by atoms with van der Waals surface area (Å²) in [5, 5.41) is 8.45. The minimum Gasteiger partial charge on any atom is -0.497 e. The highest BCUT2D eigenvalue weighted by molar-refractivity contribution is 7.80. The van der Waals surface area contributed by atoms with Gasteiger partial charge in [-0.15, -0.1) is 0 Å². The quantitative estimate of drug-likeness (QED) is 0.482. The molecule has 0 amide bonds. The second-order valence-corrected chi connectivity index (χ2v) is 8.67. The molecule has 1 unspecified atom stereocenters. The molecule has 1 N–H and O–H groups in total. The zero-order chi connectivity index (χ0) is 22.7. The summed E-state index contributed by atoms with van der Waals surface area (Å²) in [6.07, 6.45) is 1.02. The van der Waals surface area contributed by atoms with E-state index >= 15 is 0 Å². The molecule has 0 spiro atoms. The highest BCUT2D eigenvalue weighted by Gasteiger charge is 2.34. The molecule has 6 nitrogen and oxygen atoms in total. The Morgan fingerprint density at radius 3 is 2.66 bits per heavy atom. The van der Waals surface area contributed by atoms with Gasteiger partial charge in [0, 0.05) is 17.8 Å². The maximum Gasteiger partial charge on any atom is 0.258 e. The number of aromatic nitrogens is 2. The van der Waals surface area contributed by atoms with Gasteiger partial charge in [-0.1, -0.05) is 61.5 Å². The number of hydrogen-bond acceptors (Lipinski definition) is 5. The maximum absolute atomic E-state index is 5.79. The van der Waals surface area contributed by atoms with Gasteiger partial charge < -0.3 is 19.5 Å². The van der Waals surface area contributed by atoms with Gasteiger partial charge in [0.15, 0.2) is 5.11 Å². The molecule has 0 radical (unpaired) electrons. The van der Waals surface area contributed by atoms with E-state index in [4.69, 9.17) is 26.5 Å². The minimum atomic E-state index is -0.225. The summed E-state index contributed by atoms with van der Waals surface area (Å²) in [6, 6.07) is 17.6. The van der Waals surface area contributed by atoms with Gasteiger partial charge >= 0.3 is 0 Å². The first kappa shape index (κ1) is 22.0. The van der Waals surface area contributed by atoms with Crippen LogP contribution in [0.1, 0.15) is 44.7 Å².